The van der Waals surface area contributed by atoms with E-state index in [1.807, 2.05) is 7.05 Å². The third-order valence-electron chi connectivity index (χ3n) is 3.20. The van der Waals surface area contributed by atoms with E-state index >= 15 is 0 Å². The molecule has 1 N–H and O–H groups in total. The lowest BCUT2D eigenvalue weighted by Gasteiger charge is -2.23. The fraction of sp³-hybridized carbons (Fsp3) is 0.500. The molecule has 1 aliphatic rings. The van der Waals surface area contributed by atoms with E-state index in [0.717, 1.165) is 12.5 Å². The highest BCUT2D eigenvalue weighted by Gasteiger charge is 2.36. The summed E-state index contributed by atoms with van der Waals surface area (Å²) in [7, 11) is 1.83. The van der Waals surface area contributed by atoms with Crippen molar-refractivity contribution >= 4 is 21.6 Å². The summed E-state index contributed by atoms with van der Waals surface area (Å²) in [5.74, 6) is 0. The second kappa shape index (κ2) is 5.09. The Morgan fingerprint density at radius 1 is 1.39 bits per heavy atom. The third-order valence-corrected chi connectivity index (χ3v) is 3.69. The molecular weight excluding hydrogens is 309 g/mol. The summed E-state index contributed by atoms with van der Waals surface area (Å²) in [6.45, 7) is 1.26. The SMILES string of the molecule is CNC1CCN(c2ccc(Br)cc2C(F)(F)F)C1. The van der Waals surface area contributed by atoms with E-state index in [0.29, 0.717) is 17.6 Å². The van der Waals surface area contributed by atoms with E-state index in [2.05, 4.69) is 21.2 Å². The summed E-state index contributed by atoms with van der Waals surface area (Å²) in [4.78, 5) is 1.79. The first-order valence-electron chi connectivity index (χ1n) is 5.71. The molecule has 0 amide bonds. The van der Waals surface area contributed by atoms with Crippen molar-refractivity contribution in [1.82, 2.24) is 5.32 Å². The molecule has 2 nitrogen and oxygen atoms in total. The molecule has 0 aromatic heterocycles. The molecule has 6 heteroatoms. The number of hydrogen-bond donors (Lipinski definition) is 1. The summed E-state index contributed by atoms with van der Waals surface area (Å²) >= 11 is 3.09. The van der Waals surface area contributed by atoms with E-state index in [-0.39, 0.29) is 11.7 Å². The number of likely N-dealkylation sites (N-methyl/N-ethyl adjacent to an activating group) is 1. The van der Waals surface area contributed by atoms with Gasteiger partial charge in [0.25, 0.3) is 0 Å². The lowest BCUT2D eigenvalue weighted by molar-refractivity contribution is -0.137. The van der Waals surface area contributed by atoms with Gasteiger partial charge >= 0.3 is 6.18 Å². The van der Waals surface area contributed by atoms with Gasteiger partial charge in [-0.3, -0.25) is 0 Å². The lowest BCUT2D eigenvalue weighted by atomic mass is 10.1. The maximum atomic E-state index is 13.0. The number of nitrogens with zero attached hydrogens (tertiary/aromatic N) is 1. The Morgan fingerprint density at radius 2 is 2.11 bits per heavy atom. The molecule has 1 aromatic rings. The van der Waals surface area contributed by atoms with Gasteiger partial charge in [-0.1, -0.05) is 15.9 Å². The highest BCUT2D eigenvalue weighted by Crippen LogP contribution is 2.39. The maximum absolute atomic E-state index is 13.0. The van der Waals surface area contributed by atoms with Gasteiger partial charge < -0.3 is 10.2 Å². The second-order valence-electron chi connectivity index (χ2n) is 4.38. The molecule has 2 rings (SSSR count). The second-order valence-corrected chi connectivity index (χ2v) is 5.30. The summed E-state index contributed by atoms with van der Waals surface area (Å²) in [5, 5.41) is 3.10. The standard InChI is InChI=1S/C12H14BrF3N2/c1-17-9-4-5-18(7-9)11-3-2-8(13)6-10(11)12(14,15)16/h2-3,6,9,17H,4-5,7H2,1H3. The van der Waals surface area contributed by atoms with E-state index in [4.69, 9.17) is 0 Å². The zero-order valence-electron chi connectivity index (χ0n) is 9.89. The van der Waals surface area contributed by atoms with Gasteiger partial charge in [-0.2, -0.15) is 13.2 Å². The zero-order chi connectivity index (χ0) is 13.3. The average Bonchev–Trinajstić information content (AvgIpc) is 2.76. The molecule has 1 fully saturated rings. The minimum Gasteiger partial charge on any atom is -0.369 e. The van der Waals surface area contributed by atoms with Crippen molar-refractivity contribution in [1.29, 1.82) is 0 Å². The summed E-state index contributed by atoms with van der Waals surface area (Å²) in [5.41, 5.74) is -0.308. The van der Waals surface area contributed by atoms with E-state index in [1.54, 1.807) is 11.0 Å². The molecule has 0 saturated carbocycles. The fourth-order valence-corrected chi connectivity index (χ4v) is 2.59. The van der Waals surface area contributed by atoms with Crippen LogP contribution >= 0.6 is 15.9 Å². The molecule has 18 heavy (non-hydrogen) atoms. The Hall–Kier alpha value is -0.750. The first kappa shape index (κ1) is 13.7. The number of halogens is 4. The molecule has 1 saturated heterocycles. The van der Waals surface area contributed by atoms with Gasteiger partial charge in [-0.05, 0) is 31.7 Å². The van der Waals surface area contributed by atoms with Gasteiger partial charge in [0.15, 0.2) is 0 Å². The topological polar surface area (TPSA) is 15.3 Å². The summed E-state index contributed by atoms with van der Waals surface area (Å²) in [6.07, 6.45) is -3.46. The van der Waals surface area contributed by atoms with Gasteiger partial charge in [0.1, 0.15) is 0 Å². The lowest BCUT2D eigenvalue weighted by Crippen LogP contribution is -2.30. The van der Waals surface area contributed by atoms with Crippen LogP contribution in [0.15, 0.2) is 22.7 Å². The highest BCUT2D eigenvalue weighted by molar-refractivity contribution is 9.10. The Labute approximate surface area is 112 Å². The van der Waals surface area contributed by atoms with Crippen LogP contribution in [-0.4, -0.2) is 26.2 Å². The number of hydrogen-bond acceptors (Lipinski definition) is 2. The maximum Gasteiger partial charge on any atom is 0.418 e. The van der Waals surface area contributed by atoms with Crippen LogP contribution in [0.2, 0.25) is 0 Å². The summed E-state index contributed by atoms with van der Waals surface area (Å²) in [6, 6.07) is 4.58. The first-order chi connectivity index (χ1) is 8.41. The normalized spacial score (nSPS) is 20.5. The number of anilines is 1. The number of rotatable bonds is 2. The van der Waals surface area contributed by atoms with E-state index in [1.165, 1.54) is 6.07 Å². The first-order valence-corrected chi connectivity index (χ1v) is 6.50. The molecule has 1 atom stereocenters. The van der Waals surface area contributed by atoms with Crippen molar-refractivity contribution in [2.24, 2.45) is 0 Å². The molecule has 100 valence electrons. The predicted molar refractivity (Wildman–Crippen MR) is 68.8 cm³/mol. The van der Waals surface area contributed by atoms with Crippen LogP contribution in [0.4, 0.5) is 18.9 Å². The molecule has 0 bridgehead atoms. The molecule has 0 radical (unpaired) electrons. The third kappa shape index (κ3) is 2.80. The zero-order valence-corrected chi connectivity index (χ0v) is 11.5. The summed E-state index contributed by atoms with van der Waals surface area (Å²) < 4.78 is 39.4. The molecule has 1 heterocycles. The van der Waals surface area contributed by atoms with Crippen molar-refractivity contribution in [2.75, 3.05) is 25.0 Å². The van der Waals surface area contributed by atoms with E-state index < -0.39 is 11.7 Å². The van der Waals surface area contributed by atoms with Gasteiger partial charge in [-0.25, -0.2) is 0 Å². The number of nitrogens with one attached hydrogen (secondary N) is 1. The van der Waals surface area contributed by atoms with Gasteiger partial charge in [-0.15, -0.1) is 0 Å². The quantitative estimate of drug-likeness (QED) is 0.899. The van der Waals surface area contributed by atoms with Crippen LogP contribution < -0.4 is 10.2 Å². The molecule has 1 aromatic carbocycles. The van der Waals surface area contributed by atoms with Gasteiger partial charge in [0, 0.05) is 29.3 Å². The van der Waals surface area contributed by atoms with Crippen LogP contribution in [0, 0.1) is 0 Å². The van der Waals surface area contributed by atoms with Crippen LogP contribution in [-0.2, 0) is 6.18 Å². The van der Waals surface area contributed by atoms with Crippen molar-refractivity contribution in [3.8, 4) is 0 Å². The fourth-order valence-electron chi connectivity index (χ4n) is 2.23. The number of benzene rings is 1. The minimum absolute atomic E-state index is 0.259. The molecule has 0 spiro atoms. The largest absolute Gasteiger partial charge is 0.418 e. The Balaban J connectivity index is 2.33. The molecule has 0 aliphatic carbocycles. The Morgan fingerprint density at radius 3 is 2.67 bits per heavy atom. The van der Waals surface area contributed by atoms with Crippen LogP contribution in [0.25, 0.3) is 0 Å². The van der Waals surface area contributed by atoms with E-state index in [9.17, 15) is 13.2 Å². The average molecular weight is 323 g/mol. The Kier molecular flexibility index (Phi) is 3.87. The molecule has 1 aliphatic heterocycles. The van der Waals surface area contributed by atoms with Crippen molar-refractivity contribution < 1.29 is 13.2 Å². The predicted octanol–water partition coefficient (Wildman–Crippen LogP) is 3.27. The monoisotopic (exact) mass is 322 g/mol. The van der Waals surface area contributed by atoms with Crippen molar-refractivity contribution in [3.63, 3.8) is 0 Å². The van der Waals surface area contributed by atoms with Gasteiger partial charge in [0.2, 0.25) is 0 Å². The Bertz CT molecular complexity index is 434. The van der Waals surface area contributed by atoms with Crippen LogP contribution in [0.1, 0.15) is 12.0 Å². The number of alkyl halides is 3. The van der Waals surface area contributed by atoms with Crippen molar-refractivity contribution in [3.05, 3.63) is 28.2 Å². The van der Waals surface area contributed by atoms with Crippen molar-refractivity contribution in [2.45, 2.75) is 18.6 Å². The van der Waals surface area contributed by atoms with Gasteiger partial charge in [0.05, 0.1) is 5.56 Å². The molecule has 1 unspecified atom stereocenters. The highest BCUT2D eigenvalue weighted by atomic mass is 79.9. The van der Waals surface area contributed by atoms with Crippen LogP contribution in [0.3, 0.4) is 0 Å². The smallest absolute Gasteiger partial charge is 0.369 e. The molecular formula is C12H14BrF3N2. The van der Waals surface area contributed by atoms with Crippen LogP contribution in [0.5, 0.6) is 0 Å². The minimum atomic E-state index is -4.32.